The molecule has 0 heterocycles. The zero-order chi connectivity index (χ0) is 15.6. The summed E-state index contributed by atoms with van der Waals surface area (Å²) < 4.78 is 0. The van der Waals surface area contributed by atoms with Gasteiger partial charge in [0, 0.05) is 6.42 Å². The summed E-state index contributed by atoms with van der Waals surface area (Å²) in [6.45, 7) is 8.07. The van der Waals surface area contributed by atoms with Crippen molar-refractivity contribution in [1.82, 2.24) is 0 Å². The third-order valence-corrected chi connectivity index (χ3v) is 4.01. The lowest BCUT2D eigenvalue weighted by atomic mass is 9.94. The van der Waals surface area contributed by atoms with Crippen molar-refractivity contribution in [2.75, 3.05) is 0 Å². The normalized spacial score (nSPS) is 10.9. The first-order chi connectivity index (χ1) is 9.96. The van der Waals surface area contributed by atoms with Crippen molar-refractivity contribution in [1.29, 1.82) is 0 Å². The molecule has 0 aliphatic rings. The lowest BCUT2D eigenvalue weighted by Crippen LogP contribution is -1.97. The van der Waals surface area contributed by atoms with Crippen LogP contribution in [0.3, 0.4) is 0 Å². The van der Waals surface area contributed by atoms with Crippen LogP contribution < -0.4 is 0 Å². The van der Waals surface area contributed by atoms with Gasteiger partial charge in [-0.3, -0.25) is 0 Å². The quantitative estimate of drug-likeness (QED) is 0.872. The highest BCUT2D eigenvalue weighted by Gasteiger charge is 2.11. The Kier molecular flexibility index (Phi) is 4.56. The molecule has 0 amide bonds. The fraction of sp³-hybridized carbons (Fsp3) is 0.368. The highest BCUT2D eigenvalue weighted by molar-refractivity contribution is 5.48. The molecule has 2 N–H and O–H groups in total. The van der Waals surface area contributed by atoms with E-state index < -0.39 is 0 Å². The van der Waals surface area contributed by atoms with E-state index in [0.717, 1.165) is 46.2 Å². The SMILES string of the molecule is CCc1cc(Cc2cc(C)cc(C)c2O)cc(CC)c1O. The average Bonchev–Trinajstić information content (AvgIpc) is 2.45. The van der Waals surface area contributed by atoms with Crippen LogP contribution >= 0.6 is 0 Å². The summed E-state index contributed by atoms with van der Waals surface area (Å²) in [7, 11) is 0. The summed E-state index contributed by atoms with van der Waals surface area (Å²) >= 11 is 0. The second-order valence-electron chi connectivity index (χ2n) is 5.74. The highest BCUT2D eigenvalue weighted by Crippen LogP contribution is 2.30. The predicted molar refractivity (Wildman–Crippen MR) is 87.2 cm³/mol. The first-order valence-corrected chi connectivity index (χ1v) is 7.59. The van der Waals surface area contributed by atoms with E-state index >= 15 is 0 Å². The second kappa shape index (κ2) is 6.21. The van der Waals surface area contributed by atoms with Crippen molar-refractivity contribution >= 4 is 0 Å². The summed E-state index contributed by atoms with van der Waals surface area (Å²) in [5, 5.41) is 20.4. The topological polar surface area (TPSA) is 40.5 Å². The third-order valence-electron chi connectivity index (χ3n) is 4.01. The Labute approximate surface area is 127 Å². The van der Waals surface area contributed by atoms with Gasteiger partial charge >= 0.3 is 0 Å². The fourth-order valence-corrected chi connectivity index (χ4v) is 2.88. The van der Waals surface area contributed by atoms with Gasteiger partial charge in [0.2, 0.25) is 0 Å². The number of phenolic OH excluding ortho intramolecular Hbond substituents is 2. The van der Waals surface area contributed by atoms with Gasteiger partial charge in [-0.1, -0.05) is 43.7 Å². The van der Waals surface area contributed by atoms with Crippen LogP contribution in [0.2, 0.25) is 0 Å². The number of aromatic hydroxyl groups is 2. The maximum Gasteiger partial charge on any atom is 0.122 e. The number of rotatable bonds is 4. The summed E-state index contributed by atoms with van der Waals surface area (Å²) in [6.07, 6.45) is 2.31. The summed E-state index contributed by atoms with van der Waals surface area (Å²) in [4.78, 5) is 0. The van der Waals surface area contributed by atoms with Gasteiger partial charge in [0.25, 0.3) is 0 Å². The van der Waals surface area contributed by atoms with Crippen molar-refractivity contribution in [2.45, 2.75) is 47.0 Å². The maximum atomic E-state index is 10.2. The molecule has 0 fully saturated rings. The Morgan fingerprint density at radius 2 is 1.33 bits per heavy atom. The molecule has 0 unspecified atom stereocenters. The molecule has 0 saturated carbocycles. The van der Waals surface area contributed by atoms with Crippen molar-refractivity contribution < 1.29 is 10.2 Å². The molecular weight excluding hydrogens is 260 g/mol. The molecule has 2 aromatic carbocycles. The predicted octanol–water partition coefficient (Wildman–Crippen LogP) is 4.43. The van der Waals surface area contributed by atoms with Gasteiger partial charge in [0.05, 0.1) is 0 Å². The van der Waals surface area contributed by atoms with Crippen LogP contribution in [0.5, 0.6) is 11.5 Å². The molecule has 0 bridgehead atoms. The van der Waals surface area contributed by atoms with E-state index in [4.69, 9.17) is 0 Å². The highest BCUT2D eigenvalue weighted by atomic mass is 16.3. The minimum Gasteiger partial charge on any atom is -0.507 e. The smallest absolute Gasteiger partial charge is 0.122 e. The Morgan fingerprint density at radius 3 is 1.86 bits per heavy atom. The van der Waals surface area contributed by atoms with Crippen LogP contribution in [0.25, 0.3) is 0 Å². The Hall–Kier alpha value is -1.96. The van der Waals surface area contributed by atoms with Crippen LogP contribution in [0, 0.1) is 13.8 Å². The third kappa shape index (κ3) is 3.21. The Balaban J connectivity index is 2.45. The lowest BCUT2D eigenvalue weighted by molar-refractivity contribution is 0.461. The average molecular weight is 284 g/mol. The molecule has 0 spiro atoms. The van der Waals surface area contributed by atoms with E-state index in [-0.39, 0.29) is 0 Å². The van der Waals surface area contributed by atoms with Crippen LogP contribution in [0.1, 0.15) is 47.2 Å². The summed E-state index contributed by atoms with van der Waals surface area (Å²) in [6, 6.07) is 8.12. The summed E-state index contributed by atoms with van der Waals surface area (Å²) in [5.41, 5.74) is 6.12. The number of hydrogen-bond donors (Lipinski definition) is 2. The molecule has 0 saturated heterocycles. The van der Waals surface area contributed by atoms with Crippen molar-refractivity contribution in [3.63, 3.8) is 0 Å². The first kappa shape index (κ1) is 15.4. The summed E-state index contributed by atoms with van der Waals surface area (Å²) in [5.74, 6) is 0.804. The number of hydrogen-bond acceptors (Lipinski definition) is 2. The van der Waals surface area contributed by atoms with E-state index in [1.165, 1.54) is 0 Å². The zero-order valence-corrected chi connectivity index (χ0v) is 13.3. The minimum atomic E-state index is 0.379. The van der Waals surface area contributed by atoms with Gasteiger partial charge in [0.15, 0.2) is 0 Å². The van der Waals surface area contributed by atoms with Gasteiger partial charge in [-0.15, -0.1) is 0 Å². The van der Waals surface area contributed by atoms with E-state index in [1.54, 1.807) is 0 Å². The van der Waals surface area contributed by atoms with Gasteiger partial charge in [-0.05, 0) is 54.5 Å². The molecule has 21 heavy (non-hydrogen) atoms. The fourth-order valence-electron chi connectivity index (χ4n) is 2.88. The molecule has 112 valence electrons. The molecule has 0 aromatic heterocycles. The second-order valence-corrected chi connectivity index (χ2v) is 5.74. The largest absolute Gasteiger partial charge is 0.507 e. The van der Waals surface area contributed by atoms with Gasteiger partial charge < -0.3 is 10.2 Å². The molecule has 0 aliphatic carbocycles. The number of phenols is 2. The van der Waals surface area contributed by atoms with E-state index in [2.05, 4.69) is 0 Å². The monoisotopic (exact) mass is 284 g/mol. The molecule has 0 atom stereocenters. The van der Waals surface area contributed by atoms with Crippen LogP contribution in [0.15, 0.2) is 24.3 Å². The Bertz CT molecular complexity index is 632. The van der Waals surface area contributed by atoms with Crippen LogP contribution in [-0.2, 0) is 19.3 Å². The molecule has 2 aromatic rings. The van der Waals surface area contributed by atoms with Gasteiger partial charge in [-0.25, -0.2) is 0 Å². The lowest BCUT2D eigenvalue weighted by Gasteiger charge is -2.13. The van der Waals surface area contributed by atoms with E-state index in [1.807, 2.05) is 52.0 Å². The first-order valence-electron chi connectivity index (χ1n) is 7.59. The molecular formula is C19H24O2. The van der Waals surface area contributed by atoms with Crippen molar-refractivity contribution in [3.8, 4) is 11.5 Å². The van der Waals surface area contributed by atoms with Gasteiger partial charge in [-0.2, -0.15) is 0 Å². The molecule has 2 heteroatoms. The van der Waals surface area contributed by atoms with E-state index in [0.29, 0.717) is 17.9 Å². The molecule has 0 aliphatic heterocycles. The van der Waals surface area contributed by atoms with Crippen LogP contribution in [-0.4, -0.2) is 10.2 Å². The Morgan fingerprint density at radius 1 is 0.762 bits per heavy atom. The van der Waals surface area contributed by atoms with Gasteiger partial charge in [0.1, 0.15) is 11.5 Å². The molecule has 0 radical (unpaired) electrons. The molecule has 2 nitrogen and oxygen atoms in total. The van der Waals surface area contributed by atoms with E-state index in [9.17, 15) is 10.2 Å². The minimum absolute atomic E-state index is 0.379. The zero-order valence-electron chi connectivity index (χ0n) is 13.3. The van der Waals surface area contributed by atoms with Crippen molar-refractivity contribution in [2.24, 2.45) is 0 Å². The maximum absolute atomic E-state index is 10.2. The molecule has 2 rings (SSSR count). The van der Waals surface area contributed by atoms with Crippen LogP contribution in [0.4, 0.5) is 0 Å². The van der Waals surface area contributed by atoms with Crippen molar-refractivity contribution in [3.05, 3.63) is 57.6 Å². The number of benzene rings is 2. The number of aryl methyl sites for hydroxylation is 4. The standard InChI is InChI=1S/C19H24O2/c1-5-15-9-14(10-16(6-2)19(15)21)11-17-8-12(3)7-13(4)18(17)20/h7-10,20-21H,5-6,11H2,1-4H3.